The summed E-state index contributed by atoms with van der Waals surface area (Å²) < 4.78 is 1.18. The maximum absolute atomic E-state index is 9.89. The lowest BCUT2D eigenvalue weighted by Gasteiger charge is -2.23. The van der Waals surface area contributed by atoms with Gasteiger partial charge in [-0.15, -0.1) is 0 Å². The quantitative estimate of drug-likeness (QED) is 0.505. The number of hydrogen-bond donors (Lipinski definition) is 0. The second kappa shape index (κ2) is 7.43. The highest BCUT2D eigenvalue weighted by atomic mass is 127. The van der Waals surface area contributed by atoms with Crippen LogP contribution in [0, 0.1) is 14.9 Å². The fourth-order valence-corrected chi connectivity index (χ4v) is 3.27. The molecule has 112 valence electrons. The van der Waals surface area contributed by atoms with Gasteiger partial charge in [0.1, 0.15) is 0 Å². The molecule has 3 rings (SSSR count). The molecule has 0 saturated heterocycles. The normalized spacial score (nSPS) is 11.9. The Kier molecular flexibility index (Phi) is 5.09. The van der Waals surface area contributed by atoms with Gasteiger partial charge in [0.05, 0.1) is 12.0 Å². The molecule has 23 heavy (non-hydrogen) atoms. The van der Waals surface area contributed by atoms with Gasteiger partial charge in [0.2, 0.25) is 0 Å². The van der Waals surface area contributed by atoms with Crippen molar-refractivity contribution in [2.24, 2.45) is 0 Å². The molecule has 1 atom stereocenters. The molecule has 3 aromatic rings. The first-order valence-corrected chi connectivity index (χ1v) is 8.62. The van der Waals surface area contributed by atoms with Crippen LogP contribution in [0.1, 0.15) is 28.5 Å². The Morgan fingerprint density at radius 2 is 1.13 bits per heavy atom. The Morgan fingerprint density at radius 1 is 0.652 bits per heavy atom. The van der Waals surface area contributed by atoms with Gasteiger partial charge in [-0.05, 0) is 51.4 Å². The third kappa shape index (κ3) is 3.62. The number of nitriles is 1. The van der Waals surface area contributed by atoms with Crippen LogP contribution in [0.5, 0.6) is 0 Å². The van der Waals surface area contributed by atoms with Crippen LogP contribution in [-0.2, 0) is 0 Å². The number of rotatable bonds is 4. The third-order valence-corrected chi connectivity index (χ3v) is 4.74. The largest absolute Gasteiger partial charge is 0.198 e. The monoisotopic (exact) mass is 409 g/mol. The molecule has 1 unspecified atom stereocenters. The van der Waals surface area contributed by atoms with Crippen LogP contribution in [-0.4, -0.2) is 0 Å². The van der Waals surface area contributed by atoms with Crippen molar-refractivity contribution in [3.8, 4) is 6.07 Å². The second-order valence-corrected chi connectivity index (χ2v) is 6.70. The van der Waals surface area contributed by atoms with Crippen LogP contribution in [0.2, 0.25) is 0 Å². The zero-order chi connectivity index (χ0) is 16.1. The van der Waals surface area contributed by atoms with Crippen molar-refractivity contribution in [1.82, 2.24) is 0 Å². The molecule has 0 amide bonds. The van der Waals surface area contributed by atoms with Crippen molar-refractivity contribution in [3.63, 3.8) is 0 Å². The minimum Gasteiger partial charge on any atom is -0.198 e. The van der Waals surface area contributed by atoms with Crippen molar-refractivity contribution < 1.29 is 0 Å². The van der Waals surface area contributed by atoms with E-state index in [4.69, 9.17) is 0 Å². The Labute approximate surface area is 150 Å². The van der Waals surface area contributed by atoms with Crippen molar-refractivity contribution in [2.45, 2.75) is 11.8 Å². The Hall–Kier alpha value is -2.12. The predicted molar refractivity (Wildman–Crippen MR) is 102 cm³/mol. The summed E-state index contributed by atoms with van der Waals surface area (Å²) in [4.78, 5) is 0. The van der Waals surface area contributed by atoms with Crippen LogP contribution < -0.4 is 0 Å². The maximum atomic E-state index is 9.89. The van der Waals surface area contributed by atoms with Gasteiger partial charge in [0.25, 0.3) is 0 Å². The highest BCUT2D eigenvalue weighted by molar-refractivity contribution is 14.1. The smallest absolute Gasteiger partial charge is 0.0821 e. The van der Waals surface area contributed by atoms with Gasteiger partial charge >= 0.3 is 0 Å². The van der Waals surface area contributed by atoms with Crippen LogP contribution in [0.25, 0.3) is 0 Å². The molecule has 0 radical (unpaired) electrons. The molecule has 0 saturated carbocycles. The Morgan fingerprint density at radius 3 is 1.57 bits per heavy atom. The summed E-state index contributed by atoms with van der Waals surface area (Å²) >= 11 is 2.29. The zero-order valence-corrected chi connectivity index (χ0v) is 14.7. The van der Waals surface area contributed by atoms with Crippen LogP contribution in [0.3, 0.4) is 0 Å². The van der Waals surface area contributed by atoms with Crippen molar-refractivity contribution in [2.75, 3.05) is 0 Å². The highest BCUT2D eigenvalue weighted by Crippen LogP contribution is 2.38. The Bertz CT molecular complexity index is 749. The highest BCUT2D eigenvalue weighted by Gasteiger charge is 2.26. The first kappa shape index (κ1) is 15.8. The molecule has 1 nitrogen and oxygen atoms in total. The minimum absolute atomic E-state index is 0.0301. The lowest BCUT2D eigenvalue weighted by Crippen LogP contribution is -2.11. The fourth-order valence-electron chi connectivity index (χ4n) is 2.91. The van der Waals surface area contributed by atoms with Crippen molar-refractivity contribution in [3.05, 3.63) is 105 Å². The van der Waals surface area contributed by atoms with E-state index in [1.54, 1.807) is 0 Å². The van der Waals surface area contributed by atoms with Gasteiger partial charge in [-0.1, -0.05) is 72.8 Å². The maximum Gasteiger partial charge on any atom is 0.0821 e. The van der Waals surface area contributed by atoms with E-state index in [2.05, 4.69) is 77.2 Å². The summed E-state index contributed by atoms with van der Waals surface area (Å²) in [7, 11) is 0. The molecule has 0 N–H and O–H groups in total. The van der Waals surface area contributed by atoms with Crippen molar-refractivity contribution >= 4 is 22.6 Å². The van der Waals surface area contributed by atoms with E-state index < -0.39 is 0 Å². The van der Waals surface area contributed by atoms with Crippen LogP contribution in [0.4, 0.5) is 0 Å². The van der Waals surface area contributed by atoms with E-state index >= 15 is 0 Å². The van der Waals surface area contributed by atoms with Gasteiger partial charge in [0.15, 0.2) is 0 Å². The standard InChI is InChI=1S/C21H16IN/c22-19-13-11-16(12-14-19)20(15-23)21(17-7-3-1-4-8-17)18-9-5-2-6-10-18/h1-14,20-21H. The van der Waals surface area contributed by atoms with Crippen LogP contribution >= 0.6 is 22.6 Å². The molecular formula is C21H16IN. The number of halogens is 1. The average molecular weight is 409 g/mol. The van der Waals surface area contributed by atoms with E-state index in [-0.39, 0.29) is 11.8 Å². The summed E-state index contributed by atoms with van der Waals surface area (Å²) in [6, 6.07) is 31.4. The van der Waals surface area contributed by atoms with Gasteiger partial charge in [-0.3, -0.25) is 0 Å². The summed E-state index contributed by atoms with van der Waals surface area (Å²) in [5.41, 5.74) is 3.40. The number of hydrogen-bond acceptors (Lipinski definition) is 1. The van der Waals surface area contributed by atoms with Crippen LogP contribution in [0.15, 0.2) is 84.9 Å². The van der Waals surface area contributed by atoms with Gasteiger partial charge in [0, 0.05) is 9.49 Å². The topological polar surface area (TPSA) is 23.8 Å². The SMILES string of the molecule is N#CC(c1ccc(I)cc1)C(c1ccccc1)c1ccccc1. The lowest BCUT2D eigenvalue weighted by atomic mass is 9.78. The second-order valence-electron chi connectivity index (χ2n) is 5.46. The molecule has 0 aliphatic heterocycles. The van der Waals surface area contributed by atoms with E-state index in [1.165, 1.54) is 14.7 Å². The summed E-state index contributed by atoms with van der Waals surface area (Å²) in [5, 5.41) is 9.89. The summed E-state index contributed by atoms with van der Waals surface area (Å²) in [6.45, 7) is 0. The van der Waals surface area contributed by atoms with Gasteiger partial charge in [-0.25, -0.2) is 0 Å². The first-order chi connectivity index (χ1) is 11.3. The summed E-state index contributed by atoms with van der Waals surface area (Å²) in [5.74, 6) is -0.181. The molecule has 3 aromatic carbocycles. The van der Waals surface area contributed by atoms with E-state index in [1.807, 2.05) is 36.4 Å². The lowest BCUT2D eigenvalue weighted by molar-refractivity contribution is 0.726. The third-order valence-electron chi connectivity index (χ3n) is 4.02. The van der Waals surface area contributed by atoms with E-state index in [0.29, 0.717) is 0 Å². The van der Waals surface area contributed by atoms with Crippen molar-refractivity contribution in [1.29, 1.82) is 5.26 Å². The predicted octanol–water partition coefficient (Wildman–Crippen LogP) is 5.73. The van der Waals surface area contributed by atoms with E-state index in [0.717, 1.165) is 5.56 Å². The molecular weight excluding hydrogens is 393 g/mol. The van der Waals surface area contributed by atoms with Gasteiger partial charge < -0.3 is 0 Å². The molecule has 0 aliphatic rings. The average Bonchev–Trinajstić information content (AvgIpc) is 2.62. The number of nitrogens with zero attached hydrogens (tertiary/aromatic N) is 1. The zero-order valence-electron chi connectivity index (χ0n) is 12.6. The molecule has 0 bridgehead atoms. The Balaban J connectivity index is 2.10. The molecule has 0 fully saturated rings. The minimum atomic E-state index is -0.211. The first-order valence-electron chi connectivity index (χ1n) is 7.54. The molecule has 0 aliphatic carbocycles. The fraction of sp³-hybridized carbons (Fsp3) is 0.0952. The van der Waals surface area contributed by atoms with Gasteiger partial charge in [-0.2, -0.15) is 5.26 Å². The molecule has 0 aromatic heterocycles. The van der Waals surface area contributed by atoms with E-state index in [9.17, 15) is 5.26 Å². The number of benzene rings is 3. The molecule has 0 spiro atoms. The summed E-state index contributed by atoms with van der Waals surface area (Å²) in [6.07, 6.45) is 0. The molecule has 0 heterocycles. The molecule has 2 heteroatoms.